The normalized spacial score (nSPS) is 16.0. The summed E-state index contributed by atoms with van der Waals surface area (Å²) in [5.74, 6) is 0.313. The number of piperidine rings is 1. The van der Waals surface area contributed by atoms with Gasteiger partial charge in [-0.1, -0.05) is 42.5 Å². The standard InChI is InChI=1S/C20H25N3O/c21-19-8-4-7-17(13-19)15-23-11-9-18(10-12-23)20(24)22-14-16-5-2-1-3-6-16/h1-8,13,18H,9-12,14-15,21H2,(H,22,24). The maximum Gasteiger partial charge on any atom is 0.223 e. The number of benzene rings is 2. The lowest BCUT2D eigenvalue weighted by molar-refractivity contribution is -0.126. The number of amides is 1. The molecule has 1 aliphatic rings. The fraction of sp³-hybridized carbons (Fsp3) is 0.350. The molecule has 0 atom stereocenters. The van der Waals surface area contributed by atoms with Crippen LogP contribution in [-0.2, 0) is 17.9 Å². The van der Waals surface area contributed by atoms with Gasteiger partial charge >= 0.3 is 0 Å². The Balaban J connectivity index is 1.43. The van der Waals surface area contributed by atoms with E-state index in [1.54, 1.807) is 0 Å². The molecule has 4 nitrogen and oxygen atoms in total. The van der Waals surface area contributed by atoms with Gasteiger partial charge in [-0.15, -0.1) is 0 Å². The molecule has 0 aliphatic carbocycles. The molecule has 2 aromatic carbocycles. The first-order chi connectivity index (χ1) is 11.7. The van der Waals surface area contributed by atoms with Crippen molar-refractivity contribution < 1.29 is 4.79 Å². The van der Waals surface area contributed by atoms with Gasteiger partial charge in [0.1, 0.15) is 0 Å². The predicted octanol–water partition coefficient (Wildman–Crippen LogP) is 2.80. The maximum absolute atomic E-state index is 12.3. The number of nitrogens with one attached hydrogen (secondary N) is 1. The zero-order chi connectivity index (χ0) is 16.8. The van der Waals surface area contributed by atoms with Crippen molar-refractivity contribution in [1.29, 1.82) is 0 Å². The Morgan fingerprint density at radius 2 is 1.75 bits per heavy atom. The summed E-state index contributed by atoms with van der Waals surface area (Å²) >= 11 is 0. The van der Waals surface area contributed by atoms with Crippen LogP contribution in [0.25, 0.3) is 0 Å². The van der Waals surface area contributed by atoms with Crippen molar-refractivity contribution in [1.82, 2.24) is 10.2 Å². The lowest BCUT2D eigenvalue weighted by Crippen LogP contribution is -2.40. The molecular weight excluding hydrogens is 298 g/mol. The number of nitrogens with zero attached hydrogens (tertiary/aromatic N) is 1. The zero-order valence-electron chi connectivity index (χ0n) is 13.9. The highest BCUT2D eigenvalue weighted by atomic mass is 16.1. The van der Waals surface area contributed by atoms with E-state index in [4.69, 9.17) is 5.73 Å². The largest absolute Gasteiger partial charge is 0.399 e. The summed E-state index contributed by atoms with van der Waals surface area (Å²) in [5, 5.41) is 3.07. The molecule has 2 aromatic rings. The summed E-state index contributed by atoms with van der Waals surface area (Å²) < 4.78 is 0. The van der Waals surface area contributed by atoms with Crippen LogP contribution < -0.4 is 11.1 Å². The van der Waals surface area contributed by atoms with Gasteiger partial charge in [-0.05, 0) is 49.2 Å². The van der Waals surface area contributed by atoms with Gasteiger partial charge in [-0.2, -0.15) is 0 Å². The topological polar surface area (TPSA) is 58.4 Å². The first-order valence-corrected chi connectivity index (χ1v) is 8.59. The van der Waals surface area contributed by atoms with Crippen LogP contribution in [0.2, 0.25) is 0 Å². The van der Waals surface area contributed by atoms with Crippen molar-refractivity contribution in [3.8, 4) is 0 Å². The number of rotatable bonds is 5. The second-order valence-electron chi connectivity index (χ2n) is 6.50. The van der Waals surface area contributed by atoms with Crippen LogP contribution in [0.3, 0.4) is 0 Å². The molecule has 1 amide bonds. The van der Waals surface area contributed by atoms with Crippen LogP contribution in [-0.4, -0.2) is 23.9 Å². The summed E-state index contributed by atoms with van der Waals surface area (Å²) in [6.07, 6.45) is 1.84. The van der Waals surface area contributed by atoms with E-state index < -0.39 is 0 Å². The molecule has 1 aliphatic heterocycles. The first-order valence-electron chi connectivity index (χ1n) is 8.59. The molecule has 0 saturated carbocycles. The van der Waals surface area contributed by atoms with Crippen LogP contribution in [0, 0.1) is 5.92 Å². The molecule has 0 aromatic heterocycles. The third kappa shape index (κ3) is 4.59. The van der Waals surface area contributed by atoms with Gasteiger partial charge in [0.2, 0.25) is 5.91 Å². The highest BCUT2D eigenvalue weighted by Gasteiger charge is 2.24. The predicted molar refractivity (Wildman–Crippen MR) is 97.1 cm³/mol. The fourth-order valence-corrected chi connectivity index (χ4v) is 3.23. The minimum absolute atomic E-state index is 0.130. The lowest BCUT2D eigenvalue weighted by Gasteiger charge is -2.31. The monoisotopic (exact) mass is 323 g/mol. The minimum Gasteiger partial charge on any atom is -0.399 e. The van der Waals surface area contributed by atoms with E-state index in [9.17, 15) is 4.79 Å². The number of nitrogen functional groups attached to an aromatic ring is 1. The van der Waals surface area contributed by atoms with Crippen LogP contribution >= 0.6 is 0 Å². The van der Waals surface area contributed by atoms with Gasteiger partial charge in [0.05, 0.1) is 0 Å². The Morgan fingerprint density at radius 3 is 2.46 bits per heavy atom. The quantitative estimate of drug-likeness (QED) is 0.832. The van der Waals surface area contributed by atoms with Crippen molar-refractivity contribution in [2.75, 3.05) is 18.8 Å². The van der Waals surface area contributed by atoms with Gasteiger partial charge < -0.3 is 11.1 Å². The van der Waals surface area contributed by atoms with Crippen molar-refractivity contribution in [2.24, 2.45) is 5.92 Å². The summed E-state index contributed by atoms with van der Waals surface area (Å²) in [7, 11) is 0. The van der Waals surface area contributed by atoms with Crippen molar-refractivity contribution in [2.45, 2.75) is 25.9 Å². The summed E-state index contributed by atoms with van der Waals surface area (Å²) in [6, 6.07) is 18.1. The minimum atomic E-state index is 0.130. The fourth-order valence-electron chi connectivity index (χ4n) is 3.23. The van der Waals surface area contributed by atoms with Gasteiger partial charge in [0, 0.05) is 24.7 Å². The third-order valence-electron chi connectivity index (χ3n) is 4.63. The highest BCUT2D eigenvalue weighted by molar-refractivity contribution is 5.78. The number of hydrogen-bond acceptors (Lipinski definition) is 3. The van der Waals surface area contributed by atoms with E-state index in [-0.39, 0.29) is 11.8 Å². The average Bonchev–Trinajstić information content (AvgIpc) is 2.61. The Labute approximate surface area is 143 Å². The molecule has 1 fully saturated rings. The molecular formula is C20H25N3O. The molecule has 0 radical (unpaired) electrons. The van der Waals surface area contributed by atoms with Crippen LogP contribution in [0.15, 0.2) is 54.6 Å². The Bertz CT molecular complexity index is 664. The molecule has 24 heavy (non-hydrogen) atoms. The summed E-state index contributed by atoms with van der Waals surface area (Å²) in [5.41, 5.74) is 9.02. The number of nitrogens with two attached hydrogens (primary N) is 1. The number of hydrogen-bond donors (Lipinski definition) is 2. The van der Waals surface area contributed by atoms with Crippen molar-refractivity contribution in [3.63, 3.8) is 0 Å². The molecule has 4 heteroatoms. The average molecular weight is 323 g/mol. The zero-order valence-corrected chi connectivity index (χ0v) is 13.9. The molecule has 1 saturated heterocycles. The SMILES string of the molecule is Nc1cccc(CN2CCC(C(=O)NCc3ccccc3)CC2)c1. The Hall–Kier alpha value is -2.33. The molecule has 0 spiro atoms. The van der Waals surface area contributed by atoms with E-state index in [2.05, 4.69) is 16.3 Å². The Kier molecular flexibility index (Phi) is 5.49. The molecule has 0 unspecified atom stereocenters. The molecule has 0 bridgehead atoms. The van der Waals surface area contributed by atoms with E-state index in [0.29, 0.717) is 6.54 Å². The number of anilines is 1. The van der Waals surface area contributed by atoms with E-state index in [0.717, 1.165) is 43.7 Å². The molecule has 3 rings (SSSR count). The summed E-state index contributed by atoms with van der Waals surface area (Å²) in [6.45, 7) is 3.43. The van der Waals surface area contributed by atoms with Crippen molar-refractivity contribution in [3.05, 3.63) is 65.7 Å². The van der Waals surface area contributed by atoms with E-state index in [1.807, 2.05) is 48.5 Å². The number of carbonyl (C=O) groups excluding carboxylic acids is 1. The van der Waals surface area contributed by atoms with E-state index >= 15 is 0 Å². The van der Waals surface area contributed by atoms with Crippen LogP contribution in [0.5, 0.6) is 0 Å². The maximum atomic E-state index is 12.3. The number of likely N-dealkylation sites (tertiary alicyclic amines) is 1. The van der Waals surface area contributed by atoms with Crippen molar-refractivity contribution >= 4 is 11.6 Å². The Morgan fingerprint density at radius 1 is 1.04 bits per heavy atom. The molecule has 126 valence electrons. The van der Waals surface area contributed by atoms with Gasteiger partial charge in [-0.3, -0.25) is 9.69 Å². The number of carbonyl (C=O) groups is 1. The highest BCUT2D eigenvalue weighted by Crippen LogP contribution is 2.20. The van der Waals surface area contributed by atoms with Crippen LogP contribution in [0.1, 0.15) is 24.0 Å². The summed E-state index contributed by atoms with van der Waals surface area (Å²) in [4.78, 5) is 14.7. The first kappa shape index (κ1) is 16.5. The molecule has 1 heterocycles. The smallest absolute Gasteiger partial charge is 0.223 e. The lowest BCUT2D eigenvalue weighted by atomic mass is 9.95. The van der Waals surface area contributed by atoms with Gasteiger partial charge in [-0.25, -0.2) is 0 Å². The van der Waals surface area contributed by atoms with Gasteiger partial charge in [0.25, 0.3) is 0 Å². The van der Waals surface area contributed by atoms with Crippen LogP contribution in [0.4, 0.5) is 5.69 Å². The second-order valence-corrected chi connectivity index (χ2v) is 6.50. The van der Waals surface area contributed by atoms with E-state index in [1.165, 1.54) is 5.56 Å². The van der Waals surface area contributed by atoms with Gasteiger partial charge in [0.15, 0.2) is 0 Å². The molecule has 3 N–H and O–H groups in total. The third-order valence-corrected chi connectivity index (χ3v) is 4.63. The second kappa shape index (κ2) is 7.97.